The maximum Gasteiger partial charge on any atom is 0.334 e. The highest BCUT2D eigenvalue weighted by Crippen LogP contribution is 2.58. The van der Waals surface area contributed by atoms with Gasteiger partial charge in [0.15, 0.2) is 0 Å². The molecule has 0 spiro atoms. The van der Waals surface area contributed by atoms with Gasteiger partial charge < -0.3 is 9.84 Å². The average Bonchev–Trinajstić information content (AvgIpc) is 2.68. The van der Waals surface area contributed by atoms with Crippen LogP contribution in [0.4, 0.5) is 0 Å². The third-order valence-corrected chi connectivity index (χ3v) is 5.24. The Morgan fingerprint density at radius 3 is 2.83 bits per heavy atom. The molecule has 1 aliphatic heterocycles. The molecule has 0 unspecified atom stereocenters. The van der Waals surface area contributed by atoms with E-state index in [4.69, 9.17) is 4.74 Å². The van der Waals surface area contributed by atoms with Gasteiger partial charge in [0.25, 0.3) is 0 Å². The van der Waals surface area contributed by atoms with E-state index in [2.05, 4.69) is 26.8 Å². The second-order valence-corrected chi connectivity index (χ2v) is 6.53. The number of allylic oxidation sites excluding steroid dienone is 1. The number of rotatable bonds is 0. The predicted octanol–water partition coefficient (Wildman–Crippen LogP) is 2.21. The standard InChI is InChI=1S/C15H20O3/c1-14(2)7-6-12(16)15(3)10-8-18-13(17)9(10)4-5-11(14)15/h6-7,11-12,16H,4-5,8H2,1-3H3/t11-,12-,15+/m0/s1. The number of hydrogen-bond donors (Lipinski definition) is 1. The van der Waals surface area contributed by atoms with Crippen molar-refractivity contribution in [3.05, 3.63) is 23.3 Å². The summed E-state index contributed by atoms with van der Waals surface area (Å²) in [7, 11) is 0. The van der Waals surface area contributed by atoms with Gasteiger partial charge in [0, 0.05) is 11.0 Å². The van der Waals surface area contributed by atoms with E-state index in [0.717, 1.165) is 24.0 Å². The molecule has 3 rings (SSSR count). The molecule has 98 valence electrons. The summed E-state index contributed by atoms with van der Waals surface area (Å²) < 4.78 is 5.18. The average molecular weight is 248 g/mol. The quantitative estimate of drug-likeness (QED) is 0.528. The van der Waals surface area contributed by atoms with E-state index in [0.29, 0.717) is 12.5 Å². The second-order valence-electron chi connectivity index (χ2n) is 6.53. The molecule has 0 saturated heterocycles. The number of aliphatic hydroxyl groups is 1. The van der Waals surface area contributed by atoms with E-state index in [9.17, 15) is 9.90 Å². The SMILES string of the molecule is CC1(C)C=C[C@H](O)[C@]2(C)C3=C(CC[C@@H]12)C(=O)OC3. The van der Waals surface area contributed by atoms with Crippen molar-refractivity contribution in [1.82, 2.24) is 0 Å². The molecule has 0 amide bonds. The van der Waals surface area contributed by atoms with Crippen molar-refractivity contribution in [3.63, 3.8) is 0 Å². The Hall–Kier alpha value is -1.09. The summed E-state index contributed by atoms with van der Waals surface area (Å²) in [4.78, 5) is 11.7. The zero-order chi connectivity index (χ0) is 13.1. The van der Waals surface area contributed by atoms with Crippen LogP contribution in [-0.2, 0) is 9.53 Å². The van der Waals surface area contributed by atoms with Crippen LogP contribution in [0.5, 0.6) is 0 Å². The van der Waals surface area contributed by atoms with Gasteiger partial charge in [-0.2, -0.15) is 0 Å². The fourth-order valence-electron chi connectivity index (χ4n) is 4.15. The van der Waals surface area contributed by atoms with E-state index in [1.54, 1.807) is 0 Å². The third kappa shape index (κ3) is 1.31. The molecule has 3 nitrogen and oxygen atoms in total. The van der Waals surface area contributed by atoms with Crippen molar-refractivity contribution in [2.24, 2.45) is 16.7 Å². The molecule has 2 aliphatic carbocycles. The van der Waals surface area contributed by atoms with Crippen molar-refractivity contribution < 1.29 is 14.6 Å². The van der Waals surface area contributed by atoms with E-state index in [1.165, 1.54) is 0 Å². The highest BCUT2D eigenvalue weighted by Gasteiger charge is 2.55. The van der Waals surface area contributed by atoms with Crippen LogP contribution >= 0.6 is 0 Å². The van der Waals surface area contributed by atoms with Gasteiger partial charge in [-0.25, -0.2) is 4.79 Å². The first-order valence-electron chi connectivity index (χ1n) is 6.64. The molecular weight excluding hydrogens is 228 g/mol. The Kier molecular flexibility index (Phi) is 2.31. The van der Waals surface area contributed by atoms with Crippen LogP contribution in [0.15, 0.2) is 23.3 Å². The smallest absolute Gasteiger partial charge is 0.334 e. The van der Waals surface area contributed by atoms with Gasteiger partial charge in [-0.1, -0.05) is 32.9 Å². The van der Waals surface area contributed by atoms with Crippen LogP contribution in [-0.4, -0.2) is 23.8 Å². The third-order valence-electron chi connectivity index (χ3n) is 5.24. The summed E-state index contributed by atoms with van der Waals surface area (Å²) in [5, 5.41) is 10.4. The van der Waals surface area contributed by atoms with E-state index in [-0.39, 0.29) is 16.8 Å². The Balaban J connectivity index is 2.16. The molecule has 3 heteroatoms. The van der Waals surface area contributed by atoms with Crippen LogP contribution in [0.2, 0.25) is 0 Å². The lowest BCUT2D eigenvalue weighted by Crippen LogP contribution is -2.51. The Morgan fingerprint density at radius 2 is 2.11 bits per heavy atom. The molecular formula is C15H20O3. The number of cyclic esters (lactones) is 1. The maximum absolute atomic E-state index is 11.7. The first-order valence-corrected chi connectivity index (χ1v) is 6.64. The number of carbonyl (C=O) groups is 1. The number of aliphatic hydroxyl groups excluding tert-OH is 1. The molecule has 3 atom stereocenters. The van der Waals surface area contributed by atoms with E-state index in [1.807, 2.05) is 6.08 Å². The van der Waals surface area contributed by atoms with E-state index >= 15 is 0 Å². The summed E-state index contributed by atoms with van der Waals surface area (Å²) in [6, 6.07) is 0. The number of hydrogen-bond acceptors (Lipinski definition) is 3. The molecule has 0 aromatic heterocycles. The van der Waals surface area contributed by atoms with Gasteiger partial charge >= 0.3 is 5.97 Å². The van der Waals surface area contributed by atoms with Crippen molar-refractivity contribution in [2.75, 3.05) is 6.61 Å². The largest absolute Gasteiger partial charge is 0.458 e. The lowest BCUT2D eigenvalue weighted by atomic mass is 9.52. The Morgan fingerprint density at radius 1 is 1.39 bits per heavy atom. The van der Waals surface area contributed by atoms with Crippen LogP contribution in [0.25, 0.3) is 0 Å². The molecule has 1 N–H and O–H groups in total. The number of fused-ring (bicyclic) bond motifs is 2. The molecule has 0 aromatic rings. The Bertz CT molecular complexity index is 472. The van der Waals surface area contributed by atoms with Crippen molar-refractivity contribution in [2.45, 2.75) is 39.7 Å². The van der Waals surface area contributed by atoms with Gasteiger partial charge in [-0.05, 0) is 29.7 Å². The highest BCUT2D eigenvalue weighted by atomic mass is 16.5. The second kappa shape index (κ2) is 3.47. The van der Waals surface area contributed by atoms with Gasteiger partial charge in [-0.3, -0.25) is 0 Å². The number of esters is 1. The first-order chi connectivity index (χ1) is 8.37. The molecule has 0 radical (unpaired) electrons. The van der Waals surface area contributed by atoms with Crippen molar-refractivity contribution >= 4 is 5.97 Å². The summed E-state index contributed by atoms with van der Waals surface area (Å²) >= 11 is 0. The van der Waals surface area contributed by atoms with Crippen LogP contribution in [0.3, 0.4) is 0 Å². The topological polar surface area (TPSA) is 46.5 Å². The van der Waals surface area contributed by atoms with Crippen molar-refractivity contribution in [1.29, 1.82) is 0 Å². The maximum atomic E-state index is 11.7. The van der Waals surface area contributed by atoms with Gasteiger partial charge in [0.2, 0.25) is 0 Å². The Labute approximate surface area is 108 Å². The minimum absolute atomic E-state index is 0.0537. The van der Waals surface area contributed by atoms with Crippen LogP contribution in [0.1, 0.15) is 33.6 Å². The number of ether oxygens (including phenoxy) is 1. The van der Waals surface area contributed by atoms with Crippen LogP contribution < -0.4 is 0 Å². The summed E-state index contributed by atoms with van der Waals surface area (Å²) in [5.41, 5.74) is 1.56. The fourth-order valence-corrected chi connectivity index (χ4v) is 4.15. The fraction of sp³-hybridized carbons (Fsp3) is 0.667. The predicted molar refractivity (Wildman–Crippen MR) is 67.7 cm³/mol. The lowest BCUT2D eigenvalue weighted by molar-refractivity contribution is -0.136. The minimum Gasteiger partial charge on any atom is -0.458 e. The molecule has 3 aliphatic rings. The molecule has 0 aromatic carbocycles. The van der Waals surface area contributed by atoms with Crippen molar-refractivity contribution in [3.8, 4) is 0 Å². The summed E-state index contributed by atoms with van der Waals surface area (Å²) in [5.74, 6) is 0.183. The summed E-state index contributed by atoms with van der Waals surface area (Å²) in [6.45, 7) is 6.87. The van der Waals surface area contributed by atoms with E-state index < -0.39 is 6.10 Å². The minimum atomic E-state index is -0.518. The zero-order valence-electron chi connectivity index (χ0n) is 11.2. The molecule has 1 heterocycles. The van der Waals surface area contributed by atoms with Gasteiger partial charge in [-0.15, -0.1) is 0 Å². The van der Waals surface area contributed by atoms with Gasteiger partial charge in [0.1, 0.15) is 6.61 Å². The molecule has 0 fully saturated rings. The normalized spacial score (nSPS) is 41.4. The zero-order valence-corrected chi connectivity index (χ0v) is 11.2. The lowest BCUT2D eigenvalue weighted by Gasteiger charge is -2.53. The molecule has 0 saturated carbocycles. The van der Waals surface area contributed by atoms with Crippen LogP contribution in [0, 0.1) is 16.7 Å². The van der Waals surface area contributed by atoms with Gasteiger partial charge in [0.05, 0.1) is 6.10 Å². The molecule has 0 bridgehead atoms. The first kappa shape index (κ1) is 12.0. The molecule has 18 heavy (non-hydrogen) atoms. The summed E-state index contributed by atoms with van der Waals surface area (Å²) in [6.07, 6.45) is 5.22. The monoisotopic (exact) mass is 248 g/mol. The number of carbonyl (C=O) groups excluding carboxylic acids is 1. The highest BCUT2D eigenvalue weighted by molar-refractivity contribution is 5.92.